The van der Waals surface area contributed by atoms with E-state index in [0.29, 0.717) is 10.6 Å². The van der Waals surface area contributed by atoms with Crippen LogP contribution < -0.4 is 4.18 Å². The SMILES string of the molecule is Cc1cccc(-c2cccc(OS(=O)(=O)C(F)(F)F)c2Cl)c1Cl. The van der Waals surface area contributed by atoms with Gasteiger partial charge in [-0.05, 0) is 18.6 Å². The van der Waals surface area contributed by atoms with Crippen molar-refractivity contribution in [2.24, 2.45) is 0 Å². The fraction of sp³-hybridized carbons (Fsp3) is 0.143. The predicted octanol–water partition coefficient (Wildman–Crippen LogP) is 5.20. The van der Waals surface area contributed by atoms with Crippen molar-refractivity contribution >= 4 is 33.3 Å². The van der Waals surface area contributed by atoms with Crippen molar-refractivity contribution in [3.8, 4) is 16.9 Å². The Kier molecular flexibility index (Phi) is 4.84. The van der Waals surface area contributed by atoms with Crippen LogP contribution >= 0.6 is 23.2 Å². The first-order valence-corrected chi connectivity index (χ1v) is 8.26. The number of alkyl halides is 3. The number of aryl methyl sites for hydroxylation is 1. The first-order valence-electron chi connectivity index (χ1n) is 6.09. The van der Waals surface area contributed by atoms with E-state index in [2.05, 4.69) is 4.18 Å². The third-order valence-corrected chi connectivity index (χ3v) is 4.79. The highest BCUT2D eigenvalue weighted by molar-refractivity contribution is 7.88. The summed E-state index contributed by atoms with van der Waals surface area (Å²) >= 11 is 12.2. The Hall–Kier alpha value is -1.44. The van der Waals surface area contributed by atoms with Crippen molar-refractivity contribution in [3.05, 3.63) is 52.0 Å². The Morgan fingerprint density at radius 1 is 0.957 bits per heavy atom. The summed E-state index contributed by atoms with van der Waals surface area (Å²) in [6, 6.07) is 8.88. The zero-order valence-corrected chi connectivity index (χ0v) is 13.8. The standard InChI is InChI=1S/C14H9Cl2F3O3S/c1-8-4-2-5-9(12(8)15)10-6-3-7-11(13(10)16)22-23(20,21)14(17,18)19/h2-7H,1H3. The molecule has 0 unspecified atom stereocenters. The van der Waals surface area contributed by atoms with Gasteiger partial charge in [-0.15, -0.1) is 0 Å². The first kappa shape index (κ1) is 17.9. The third-order valence-electron chi connectivity index (χ3n) is 2.93. The van der Waals surface area contributed by atoms with Crippen LogP contribution in [0.2, 0.25) is 10.0 Å². The van der Waals surface area contributed by atoms with E-state index in [9.17, 15) is 21.6 Å². The van der Waals surface area contributed by atoms with E-state index >= 15 is 0 Å². The quantitative estimate of drug-likeness (QED) is 0.539. The molecule has 0 atom stereocenters. The van der Waals surface area contributed by atoms with Crippen LogP contribution in [0.25, 0.3) is 11.1 Å². The monoisotopic (exact) mass is 384 g/mol. The molecule has 2 aromatic rings. The summed E-state index contributed by atoms with van der Waals surface area (Å²) in [6.45, 7) is 1.74. The molecular weight excluding hydrogens is 376 g/mol. The Morgan fingerprint density at radius 2 is 1.48 bits per heavy atom. The second-order valence-electron chi connectivity index (χ2n) is 4.54. The van der Waals surface area contributed by atoms with Crippen LogP contribution in [0.1, 0.15) is 5.56 Å². The van der Waals surface area contributed by atoms with Gasteiger partial charge in [0.1, 0.15) is 0 Å². The summed E-state index contributed by atoms with van der Waals surface area (Å²) in [7, 11) is -5.81. The summed E-state index contributed by atoms with van der Waals surface area (Å²) in [5.41, 5.74) is -4.11. The van der Waals surface area contributed by atoms with Crippen LogP contribution in [0.4, 0.5) is 13.2 Å². The molecule has 0 saturated carbocycles. The van der Waals surface area contributed by atoms with Crippen molar-refractivity contribution in [3.63, 3.8) is 0 Å². The average molecular weight is 385 g/mol. The van der Waals surface area contributed by atoms with Gasteiger partial charge >= 0.3 is 15.6 Å². The van der Waals surface area contributed by atoms with Gasteiger partial charge in [0.2, 0.25) is 0 Å². The number of benzene rings is 2. The lowest BCUT2D eigenvalue weighted by molar-refractivity contribution is -0.0500. The van der Waals surface area contributed by atoms with Crippen molar-refractivity contribution < 1.29 is 25.8 Å². The minimum absolute atomic E-state index is 0.259. The van der Waals surface area contributed by atoms with Gasteiger partial charge in [0.25, 0.3) is 0 Å². The Labute approximate surface area is 140 Å². The highest BCUT2D eigenvalue weighted by Gasteiger charge is 2.48. The Morgan fingerprint density at radius 3 is 2.04 bits per heavy atom. The second-order valence-corrected chi connectivity index (χ2v) is 6.83. The second kappa shape index (κ2) is 6.22. The van der Waals surface area contributed by atoms with Gasteiger partial charge in [-0.1, -0.05) is 53.5 Å². The molecule has 0 spiro atoms. The highest BCUT2D eigenvalue weighted by Crippen LogP contribution is 2.40. The van der Waals surface area contributed by atoms with Crippen molar-refractivity contribution in [1.82, 2.24) is 0 Å². The smallest absolute Gasteiger partial charge is 0.374 e. The first-order chi connectivity index (χ1) is 10.5. The highest BCUT2D eigenvalue weighted by atomic mass is 35.5. The lowest BCUT2D eigenvalue weighted by atomic mass is 10.0. The van der Waals surface area contributed by atoms with E-state index < -0.39 is 21.4 Å². The maximum Gasteiger partial charge on any atom is 0.534 e. The lowest BCUT2D eigenvalue weighted by Gasteiger charge is -2.14. The van der Waals surface area contributed by atoms with Gasteiger partial charge in [-0.25, -0.2) is 0 Å². The zero-order valence-electron chi connectivity index (χ0n) is 11.5. The van der Waals surface area contributed by atoms with E-state index in [-0.39, 0.29) is 10.6 Å². The molecule has 0 aliphatic heterocycles. The molecule has 0 radical (unpaired) electrons. The molecule has 124 valence electrons. The summed E-state index contributed by atoms with van der Waals surface area (Å²) < 4.78 is 63.6. The predicted molar refractivity (Wildman–Crippen MR) is 82.2 cm³/mol. The number of rotatable bonds is 3. The molecule has 3 nitrogen and oxygen atoms in total. The fourth-order valence-electron chi connectivity index (χ4n) is 1.80. The molecule has 0 N–H and O–H groups in total. The maximum atomic E-state index is 12.4. The normalized spacial score (nSPS) is 12.3. The van der Waals surface area contributed by atoms with Crippen LogP contribution in [0.5, 0.6) is 5.75 Å². The molecular formula is C14H9Cl2F3O3S. The molecule has 9 heteroatoms. The van der Waals surface area contributed by atoms with Crippen LogP contribution in [-0.2, 0) is 10.1 Å². The van der Waals surface area contributed by atoms with Crippen molar-refractivity contribution in [1.29, 1.82) is 0 Å². The van der Waals surface area contributed by atoms with Gasteiger partial charge in [0, 0.05) is 11.1 Å². The maximum absolute atomic E-state index is 12.4. The molecule has 0 aliphatic carbocycles. The van der Waals surface area contributed by atoms with Crippen molar-refractivity contribution in [2.45, 2.75) is 12.4 Å². The average Bonchev–Trinajstić information content (AvgIpc) is 2.43. The fourth-order valence-corrected chi connectivity index (χ4v) is 2.81. The van der Waals surface area contributed by atoms with Crippen LogP contribution in [0.3, 0.4) is 0 Å². The van der Waals surface area contributed by atoms with Gasteiger partial charge in [0.05, 0.1) is 10.0 Å². The molecule has 0 bridgehead atoms. The molecule has 23 heavy (non-hydrogen) atoms. The molecule has 0 aromatic heterocycles. The molecule has 2 aromatic carbocycles. The molecule has 0 fully saturated rings. The molecule has 0 saturated heterocycles. The van der Waals surface area contributed by atoms with Gasteiger partial charge in [-0.2, -0.15) is 21.6 Å². The zero-order chi connectivity index (χ0) is 17.4. The minimum atomic E-state index is -5.81. The van der Waals surface area contributed by atoms with Crippen LogP contribution in [0.15, 0.2) is 36.4 Å². The van der Waals surface area contributed by atoms with E-state index in [1.54, 1.807) is 25.1 Å². The van der Waals surface area contributed by atoms with Crippen LogP contribution in [0, 0.1) is 6.92 Å². The number of hydrogen-bond donors (Lipinski definition) is 0. The lowest BCUT2D eigenvalue weighted by Crippen LogP contribution is -2.28. The van der Waals surface area contributed by atoms with Gasteiger partial charge < -0.3 is 4.18 Å². The van der Waals surface area contributed by atoms with E-state index in [0.717, 1.165) is 11.6 Å². The van der Waals surface area contributed by atoms with Gasteiger partial charge in [-0.3, -0.25) is 0 Å². The molecule has 0 amide bonds. The topological polar surface area (TPSA) is 43.4 Å². The van der Waals surface area contributed by atoms with Crippen LogP contribution in [-0.4, -0.2) is 13.9 Å². The summed E-state index contributed by atoms with van der Waals surface area (Å²) in [5.74, 6) is -0.626. The van der Waals surface area contributed by atoms with Gasteiger partial charge in [0.15, 0.2) is 5.75 Å². The summed E-state index contributed by atoms with van der Waals surface area (Å²) in [6.07, 6.45) is 0. The number of hydrogen-bond acceptors (Lipinski definition) is 3. The molecule has 2 rings (SSSR count). The largest absolute Gasteiger partial charge is 0.534 e. The number of halogens is 5. The molecule has 0 aliphatic rings. The van der Waals surface area contributed by atoms with E-state index in [1.807, 2.05) is 0 Å². The summed E-state index contributed by atoms with van der Waals surface area (Å²) in [5, 5.41) is 0.0676. The Bertz CT molecular complexity index is 849. The Balaban J connectivity index is 2.54. The van der Waals surface area contributed by atoms with Crippen molar-refractivity contribution in [2.75, 3.05) is 0 Å². The van der Waals surface area contributed by atoms with E-state index in [4.69, 9.17) is 23.2 Å². The molecule has 0 heterocycles. The minimum Gasteiger partial charge on any atom is -0.374 e. The summed E-state index contributed by atoms with van der Waals surface area (Å²) in [4.78, 5) is 0. The van der Waals surface area contributed by atoms with E-state index in [1.165, 1.54) is 12.1 Å². The third kappa shape index (κ3) is 3.57.